The predicted molar refractivity (Wildman–Crippen MR) is 41.9 cm³/mol. The summed E-state index contributed by atoms with van der Waals surface area (Å²) in [6.45, 7) is 4.70. The molecule has 0 amide bonds. The van der Waals surface area contributed by atoms with Crippen LogP contribution in [0.4, 0.5) is 0 Å². The van der Waals surface area contributed by atoms with Crippen LogP contribution in [0.15, 0.2) is 0 Å². The van der Waals surface area contributed by atoms with Gasteiger partial charge in [-0.25, -0.2) is 0 Å². The maximum absolute atomic E-state index is 9.05. The van der Waals surface area contributed by atoms with Crippen molar-refractivity contribution in [2.45, 2.75) is 26.2 Å². The Labute approximate surface area is 62.6 Å². The van der Waals surface area contributed by atoms with E-state index in [1.807, 2.05) is 0 Å². The van der Waals surface area contributed by atoms with Gasteiger partial charge in [-0.3, -0.25) is 0 Å². The van der Waals surface area contributed by atoms with E-state index in [-0.39, 0.29) is 5.41 Å². The molecule has 1 aliphatic rings. The largest absolute Gasteiger partial charge is 0.396 e. The number of nitrogens with one attached hydrogen (secondary N) is 1. The minimum Gasteiger partial charge on any atom is -0.396 e. The topological polar surface area (TPSA) is 32.3 Å². The van der Waals surface area contributed by atoms with Gasteiger partial charge in [0.05, 0.1) is 0 Å². The van der Waals surface area contributed by atoms with Crippen LogP contribution in [0.1, 0.15) is 26.2 Å². The molecule has 1 atom stereocenters. The van der Waals surface area contributed by atoms with E-state index in [4.69, 9.17) is 5.11 Å². The second kappa shape index (κ2) is 3.35. The molecule has 2 heteroatoms. The summed E-state index contributed by atoms with van der Waals surface area (Å²) >= 11 is 0. The van der Waals surface area contributed by atoms with E-state index in [9.17, 15) is 0 Å². The monoisotopic (exact) mass is 143 g/mol. The fourth-order valence-electron chi connectivity index (χ4n) is 1.44. The molecule has 1 unspecified atom stereocenters. The minimum absolute atomic E-state index is 0.198. The highest BCUT2D eigenvalue weighted by Crippen LogP contribution is 2.27. The second-order valence-electron chi connectivity index (χ2n) is 3.57. The molecule has 1 rings (SSSR count). The fraction of sp³-hybridized carbons (Fsp3) is 1.00. The molecule has 0 aromatic carbocycles. The highest BCUT2D eigenvalue weighted by molar-refractivity contribution is 4.77. The fourth-order valence-corrected chi connectivity index (χ4v) is 1.44. The third-order valence-electron chi connectivity index (χ3n) is 2.42. The van der Waals surface area contributed by atoms with Crippen molar-refractivity contribution in [1.29, 1.82) is 0 Å². The maximum atomic E-state index is 9.05. The number of aliphatic hydroxyl groups is 1. The van der Waals surface area contributed by atoms with Gasteiger partial charge in [0.25, 0.3) is 0 Å². The van der Waals surface area contributed by atoms with Crippen LogP contribution < -0.4 is 5.32 Å². The average molecular weight is 143 g/mol. The Morgan fingerprint density at radius 1 is 1.40 bits per heavy atom. The van der Waals surface area contributed by atoms with Crippen LogP contribution in [0.2, 0.25) is 0 Å². The molecule has 0 spiro atoms. The Morgan fingerprint density at radius 2 is 2.20 bits per heavy atom. The van der Waals surface area contributed by atoms with E-state index in [0.29, 0.717) is 6.61 Å². The van der Waals surface area contributed by atoms with Crippen LogP contribution in [0.5, 0.6) is 0 Å². The zero-order chi connectivity index (χ0) is 7.45. The van der Waals surface area contributed by atoms with Crippen molar-refractivity contribution < 1.29 is 5.11 Å². The van der Waals surface area contributed by atoms with Gasteiger partial charge in [0.2, 0.25) is 0 Å². The minimum atomic E-state index is 0.198. The molecule has 1 saturated heterocycles. The molecular weight excluding hydrogens is 126 g/mol. The Hall–Kier alpha value is -0.0800. The summed E-state index contributed by atoms with van der Waals surface area (Å²) in [6.07, 6.45) is 3.48. The first-order valence-electron chi connectivity index (χ1n) is 4.08. The van der Waals surface area contributed by atoms with Crippen LogP contribution in [0, 0.1) is 5.41 Å². The molecule has 0 radical (unpaired) electrons. The molecule has 60 valence electrons. The predicted octanol–water partition coefficient (Wildman–Crippen LogP) is 0.758. The van der Waals surface area contributed by atoms with Gasteiger partial charge in [-0.2, -0.15) is 0 Å². The summed E-state index contributed by atoms with van der Waals surface area (Å²) < 4.78 is 0. The van der Waals surface area contributed by atoms with Crippen molar-refractivity contribution in [3.63, 3.8) is 0 Å². The highest BCUT2D eigenvalue weighted by Gasteiger charge is 2.23. The molecular formula is C8H17NO. The van der Waals surface area contributed by atoms with Crippen LogP contribution in [0.25, 0.3) is 0 Å². The van der Waals surface area contributed by atoms with Crippen LogP contribution in [-0.4, -0.2) is 24.8 Å². The maximum Gasteiger partial charge on any atom is 0.0485 e. The van der Waals surface area contributed by atoms with E-state index in [1.54, 1.807) is 0 Å². The Kier molecular flexibility index (Phi) is 2.69. The average Bonchev–Trinajstić information content (AvgIpc) is 2.15. The SMILES string of the molecule is CC1(CO)CCCNCC1. The number of hydrogen-bond acceptors (Lipinski definition) is 2. The molecule has 2 nitrogen and oxygen atoms in total. The number of rotatable bonds is 1. The van der Waals surface area contributed by atoms with Crippen molar-refractivity contribution in [3.05, 3.63) is 0 Å². The first-order chi connectivity index (χ1) is 4.77. The van der Waals surface area contributed by atoms with Crippen molar-refractivity contribution in [2.24, 2.45) is 5.41 Å². The van der Waals surface area contributed by atoms with E-state index in [0.717, 1.165) is 25.9 Å². The Balaban J connectivity index is 2.41. The summed E-state index contributed by atoms with van der Waals surface area (Å²) in [5.74, 6) is 0. The Morgan fingerprint density at radius 3 is 2.90 bits per heavy atom. The highest BCUT2D eigenvalue weighted by atomic mass is 16.3. The van der Waals surface area contributed by atoms with Crippen molar-refractivity contribution in [2.75, 3.05) is 19.7 Å². The summed E-state index contributed by atoms with van der Waals surface area (Å²) in [5, 5.41) is 12.4. The molecule has 0 bridgehead atoms. The van der Waals surface area contributed by atoms with E-state index in [2.05, 4.69) is 12.2 Å². The molecule has 0 saturated carbocycles. The van der Waals surface area contributed by atoms with Gasteiger partial charge in [0.15, 0.2) is 0 Å². The molecule has 0 aromatic heterocycles. The molecule has 1 fully saturated rings. The third kappa shape index (κ3) is 1.96. The third-order valence-corrected chi connectivity index (χ3v) is 2.42. The van der Waals surface area contributed by atoms with Crippen LogP contribution in [-0.2, 0) is 0 Å². The molecule has 2 N–H and O–H groups in total. The standard InChI is InChI=1S/C8H17NO/c1-8(7-10)3-2-5-9-6-4-8/h9-10H,2-7H2,1H3. The summed E-state index contributed by atoms with van der Waals surface area (Å²) in [4.78, 5) is 0. The van der Waals surface area contributed by atoms with Gasteiger partial charge in [0, 0.05) is 6.61 Å². The lowest BCUT2D eigenvalue weighted by Gasteiger charge is -2.24. The van der Waals surface area contributed by atoms with Gasteiger partial charge in [-0.15, -0.1) is 0 Å². The molecule has 0 aromatic rings. The molecule has 10 heavy (non-hydrogen) atoms. The van der Waals surface area contributed by atoms with Crippen molar-refractivity contribution in [3.8, 4) is 0 Å². The van der Waals surface area contributed by atoms with Gasteiger partial charge < -0.3 is 10.4 Å². The normalized spacial score (nSPS) is 35.4. The Bertz CT molecular complexity index is 95.4. The first kappa shape index (κ1) is 8.02. The van der Waals surface area contributed by atoms with Gasteiger partial charge in [-0.1, -0.05) is 6.92 Å². The molecule has 1 heterocycles. The summed E-state index contributed by atoms with van der Waals surface area (Å²) in [5.41, 5.74) is 0.198. The lowest BCUT2D eigenvalue weighted by atomic mass is 9.84. The van der Waals surface area contributed by atoms with Gasteiger partial charge in [0.1, 0.15) is 0 Å². The van der Waals surface area contributed by atoms with Crippen LogP contribution in [0.3, 0.4) is 0 Å². The number of aliphatic hydroxyl groups excluding tert-OH is 1. The zero-order valence-electron chi connectivity index (χ0n) is 6.69. The lowest BCUT2D eigenvalue weighted by Crippen LogP contribution is -2.22. The van der Waals surface area contributed by atoms with Crippen molar-refractivity contribution in [1.82, 2.24) is 5.32 Å². The van der Waals surface area contributed by atoms with Gasteiger partial charge >= 0.3 is 0 Å². The quantitative estimate of drug-likeness (QED) is 0.568. The second-order valence-corrected chi connectivity index (χ2v) is 3.57. The molecule has 1 aliphatic heterocycles. The summed E-state index contributed by atoms with van der Waals surface area (Å²) in [6, 6.07) is 0. The number of hydrogen-bond donors (Lipinski definition) is 2. The first-order valence-corrected chi connectivity index (χ1v) is 4.08. The van der Waals surface area contributed by atoms with Crippen LogP contribution >= 0.6 is 0 Å². The van der Waals surface area contributed by atoms with E-state index < -0.39 is 0 Å². The van der Waals surface area contributed by atoms with E-state index in [1.165, 1.54) is 6.42 Å². The van der Waals surface area contributed by atoms with E-state index >= 15 is 0 Å². The molecule has 0 aliphatic carbocycles. The van der Waals surface area contributed by atoms with Crippen molar-refractivity contribution >= 4 is 0 Å². The lowest BCUT2D eigenvalue weighted by molar-refractivity contribution is 0.129. The summed E-state index contributed by atoms with van der Waals surface area (Å²) in [7, 11) is 0. The van der Waals surface area contributed by atoms with Gasteiger partial charge in [-0.05, 0) is 37.8 Å². The zero-order valence-corrected chi connectivity index (χ0v) is 6.69. The smallest absolute Gasteiger partial charge is 0.0485 e.